The predicted molar refractivity (Wildman–Crippen MR) is 59.4 cm³/mol. The van der Waals surface area contributed by atoms with Gasteiger partial charge in [-0.3, -0.25) is 0 Å². The minimum absolute atomic E-state index is 0.764. The lowest BCUT2D eigenvalue weighted by molar-refractivity contribution is 0.0551. The van der Waals surface area contributed by atoms with Gasteiger partial charge in [0.05, 0.1) is 6.61 Å². The summed E-state index contributed by atoms with van der Waals surface area (Å²) in [7, 11) is 0. The molecule has 0 aromatic heterocycles. The molecule has 1 saturated heterocycles. The maximum absolute atomic E-state index is 5.42. The van der Waals surface area contributed by atoms with Gasteiger partial charge >= 0.3 is 0 Å². The third kappa shape index (κ3) is 5.55. The number of hydrogen-bond donors (Lipinski definition) is 1. The van der Waals surface area contributed by atoms with Gasteiger partial charge in [0.1, 0.15) is 0 Å². The second kappa shape index (κ2) is 7.65. The van der Waals surface area contributed by atoms with Gasteiger partial charge in [-0.2, -0.15) is 11.8 Å². The van der Waals surface area contributed by atoms with E-state index in [2.05, 4.69) is 12.2 Å². The molecular formula is C10H21NOS. The minimum atomic E-state index is 0.764. The molecule has 78 valence electrons. The van der Waals surface area contributed by atoms with Crippen LogP contribution in [0.25, 0.3) is 0 Å². The molecule has 1 fully saturated rings. The van der Waals surface area contributed by atoms with Gasteiger partial charge in [-0.05, 0) is 24.5 Å². The highest BCUT2D eigenvalue weighted by molar-refractivity contribution is 7.99. The van der Waals surface area contributed by atoms with Crippen molar-refractivity contribution in [1.29, 1.82) is 0 Å². The Hall–Kier alpha value is 0.270. The van der Waals surface area contributed by atoms with Crippen molar-refractivity contribution in [2.45, 2.75) is 19.8 Å². The number of rotatable bonds is 6. The van der Waals surface area contributed by atoms with E-state index in [1.165, 1.54) is 24.3 Å². The van der Waals surface area contributed by atoms with E-state index in [0.717, 1.165) is 32.2 Å². The van der Waals surface area contributed by atoms with Crippen LogP contribution < -0.4 is 5.32 Å². The van der Waals surface area contributed by atoms with E-state index in [0.29, 0.717) is 0 Å². The first kappa shape index (κ1) is 11.3. The molecule has 1 rings (SSSR count). The molecule has 1 atom stereocenters. The molecule has 0 aromatic rings. The van der Waals surface area contributed by atoms with Gasteiger partial charge in [0.25, 0.3) is 0 Å². The van der Waals surface area contributed by atoms with Gasteiger partial charge in [0.15, 0.2) is 0 Å². The molecule has 0 radical (unpaired) electrons. The second-order valence-corrected chi connectivity index (χ2v) is 4.88. The molecule has 0 amide bonds. The molecule has 0 spiro atoms. The Morgan fingerprint density at radius 3 is 3.15 bits per heavy atom. The summed E-state index contributed by atoms with van der Waals surface area (Å²) in [6, 6.07) is 0. The van der Waals surface area contributed by atoms with E-state index in [9.17, 15) is 0 Å². The Morgan fingerprint density at radius 2 is 2.46 bits per heavy atom. The normalized spacial score (nSPS) is 23.3. The highest BCUT2D eigenvalue weighted by Crippen LogP contribution is 2.11. The summed E-state index contributed by atoms with van der Waals surface area (Å²) < 4.78 is 5.42. The number of ether oxygens (including phenoxy) is 1. The fraction of sp³-hybridized carbons (Fsp3) is 1.00. The van der Waals surface area contributed by atoms with Crippen LogP contribution in [0.2, 0.25) is 0 Å². The van der Waals surface area contributed by atoms with Crippen molar-refractivity contribution in [3.63, 3.8) is 0 Å². The van der Waals surface area contributed by atoms with Crippen molar-refractivity contribution in [3.8, 4) is 0 Å². The Labute approximate surface area is 85.8 Å². The second-order valence-electron chi connectivity index (χ2n) is 3.48. The lowest BCUT2D eigenvalue weighted by Crippen LogP contribution is -2.30. The zero-order valence-corrected chi connectivity index (χ0v) is 9.37. The monoisotopic (exact) mass is 203 g/mol. The summed E-state index contributed by atoms with van der Waals surface area (Å²) in [5, 5.41) is 3.49. The van der Waals surface area contributed by atoms with Crippen molar-refractivity contribution in [1.82, 2.24) is 5.32 Å². The lowest BCUT2D eigenvalue weighted by atomic mass is 10.0. The third-order valence-corrected chi connectivity index (χ3v) is 3.22. The molecule has 3 heteroatoms. The largest absolute Gasteiger partial charge is 0.381 e. The zero-order chi connectivity index (χ0) is 9.36. The molecule has 2 nitrogen and oxygen atoms in total. The van der Waals surface area contributed by atoms with E-state index < -0.39 is 0 Å². The minimum Gasteiger partial charge on any atom is -0.381 e. The Morgan fingerprint density at radius 1 is 1.54 bits per heavy atom. The Balaban J connectivity index is 1.86. The van der Waals surface area contributed by atoms with Gasteiger partial charge < -0.3 is 10.1 Å². The molecular weight excluding hydrogens is 182 g/mol. The topological polar surface area (TPSA) is 21.3 Å². The van der Waals surface area contributed by atoms with E-state index in [1.807, 2.05) is 11.8 Å². The summed E-state index contributed by atoms with van der Waals surface area (Å²) in [6.07, 6.45) is 2.59. The average molecular weight is 203 g/mol. The van der Waals surface area contributed by atoms with Crippen molar-refractivity contribution < 1.29 is 4.74 Å². The van der Waals surface area contributed by atoms with Crippen LogP contribution in [-0.4, -0.2) is 37.8 Å². The van der Waals surface area contributed by atoms with Crippen LogP contribution in [0.15, 0.2) is 0 Å². The Bertz CT molecular complexity index is 115. The lowest BCUT2D eigenvalue weighted by Gasteiger charge is -2.22. The van der Waals surface area contributed by atoms with Crippen LogP contribution in [-0.2, 0) is 4.74 Å². The van der Waals surface area contributed by atoms with Crippen LogP contribution in [0.3, 0.4) is 0 Å². The molecule has 0 saturated carbocycles. The molecule has 0 aromatic carbocycles. The standard InChI is InChI=1S/C10H21NOS/c1-2-13-7-5-11-8-10-4-3-6-12-9-10/h10-11H,2-9H2,1H3. The van der Waals surface area contributed by atoms with Gasteiger partial charge in [-0.25, -0.2) is 0 Å². The number of nitrogens with one attached hydrogen (secondary N) is 1. The summed E-state index contributed by atoms with van der Waals surface area (Å²) >= 11 is 2.00. The quantitative estimate of drug-likeness (QED) is 0.665. The molecule has 13 heavy (non-hydrogen) atoms. The van der Waals surface area contributed by atoms with Crippen molar-refractivity contribution in [2.24, 2.45) is 5.92 Å². The highest BCUT2D eigenvalue weighted by atomic mass is 32.2. The fourth-order valence-corrected chi connectivity index (χ4v) is 2.14. The van der Waals surface area contributed by atoms with Gasteiger partial charge in [0, 0.05) is 25.4 Å². The fourth-order valence-electron chi connectivity index (χ4n) is 1.56. The van der Waals surface area contributed by atoms with Crippen LogP contribution in [0.5, 0.6) is 0 Å². The highest BCUT2D eigenvalue weighted by Gasteiger charge is 2.12. The first-order valence-electron chi connectivity index (χ1n) is 5.29. The van der Waals surface area contributed by atoms with Crippen LogP contribution >= 0.6 is 11.8 Å². The molecule has 1 N–H and O–H groups in total. The smallest absolute Gasteiger partial charge is 0.0506 e. The summed E-state index contributed by atoms with van der Waals surface area (Å²) in [4.78, 5) is 0. The maximum atomic E-state index is 5.42. The number of thioether (sulfide) groups is 1. The van der Waals surface area contributed by atoms with E-state index >= 15 is 0 Å². The average Bonchev–Trinajstić information content (AvgIpc) is 2.19. The molecule has 1 heterocycles. The molecule has 0 bridgehead atoms. The molecule has 1 aliphatic rings. The first-order chi connectivity index (χ1) is 6.43. The van der Waals surface area contributed by atoms with Gasteiger partial charge in [-0.1, -0.05) is 6.92 Å². The number of hydrogen-bond acceptors (Lipinski definition) is 3. The van der Waals surface area contributed by atoms with Gasteiger partial charge in [-0.15, -0.1) is 0 Å². The third-order valence-electron chi connectivity index (χ3n) is 2.31. The zero-order valence-electron chi connectivity index (χ0n) is 8.55. The van der Waals surface area contributed by atoms with E-state index in [4.69, 9.17) is 4.74 Å². The van der Waals surface area contributed by atoms with Crippen molar-refractivity contribution >= 4 is 11.8 Å². The van der Waals surface area contributed by atoms with E-state index in [-0.39, 0.29) is 0 Å². The van der Waals surface area contributed by atoms with Gasteiger partial charge in [0.2, 0.25) is 0 Å². The first-order valence-corrected chi connectivity index (χ1v) is 6.45. The molecule has 0 aliphatic carbocycles. The molecule has 1 unspecified atom stereocenters. The van der Waals surface area contributed by atoms with E-state index in [1.54, 1.807) is 0 Å². The van der Waals surface area contributed by atoms with Crippen LogP contribution in [0.1, 0.15) is 19.8 Å². The van der Waals surface area contributed by atoms with Crippen molar-refractivity contribution in [2.75, 3.05) is 37.8 Å². The maximum Gasteiger partial charge on any atom is 0.0506 e. The van der Waals surface area contributed by atoms with Crippen LogP contribution in [0.4, 0.5) is 0 Å². The summed E-state index contributed by atoms with van der Waals surface area (Å²) in [6.45, 7) is 6.44. The molecule has 1 aliphatic heterocycles. The summed E-state index contributed by atoms with van der Waals surface area (Å²) in [5.74, 6) is 3.23. The SMILES string of the molecule is CCSCCNCC1CCCOC1. The summed E-state index contributed by atoms with van der Waals surface area (Å²) in [5.41, 5.74) is 0. The predicted octanol–water partition coefficient (Wildman–Crippen LogP) is 1.76. The van der Waals surface area contributed by atoms with Crippen LogP contribution in [0, 0.1) is 5.92 Å². The Kier molecular flexibility index (Phi) is 6.68. The van der Waals surface area contributed by atoms with Crippen molar-refractivity contribution in [3.05, 3.63) is 0 Å².